The van der Waals surface area contributed by atoms with Crippen molar-refractivity contribution in [3.63, 3.8) is 0 Å². The first kappa shape index (κ1) is 16.1. The molecule has 0 saturated heterocycles. The van der Waals surface area contributed by atoms with E-state index in [1.165, 1.54) is 17.3 Å². The molecule has 7 nitrogen and oxygen atoms in total. The summed E-state index contributed by atoms with van der Waals surface area (Å²) in [5, 5.41) is 16.3. The van der Waals surface area contributed by atoms with Crippen LogP contribution in [0.1, 0.15) is 32.7 Å². The molecule has 4 rings (SSSR count). The molecule has 1 N–H and O–H groups in total. The topological polar surface area (TPSA) is 77.6 Å². The van der Waals surface area contributed by atoms with E-state index in [2.05, 4.69) is 44.6 Å². The zero-order valence-corrected chi connectivity index (χ0v) is 15.0. The highest BCUT2D eigenvalue weighted by atomic mass is 32.2. The Bertz CT molecular complexity index is 913. The molecule has 0 radical (unpaired) electrons. The number of nitrogens with one attached hydrogen (secondary N) is 1. The molecule has 0 aliphatic heterocycles. The second-order valence-corrected chi connectivity index (χ2v) is 7.57. The Kier molecular flexibility index (Phi) is 4.20. The predicted octanol–water partition coefficient (Wildman–Crippen LogP) is 3.10. The number of benzene rings is 1. The third-order valence-electron chi connectivity index (χ3n) is 4.39. The predicted molar refractivity (Wildman–Crippen MR) is 97.6 cm³/mol. The Labute approximate surface area is 149 Å². The number of rotatable bonds is 6. The maximum atomic E-state index is 12.5. The fourth-order valence-corrected chi connectivity index (χ4v) is 3.68. The van der Waals surface area contributed by atoms with Gasteiger partial charge in [0.15, 0.2) is 0 Å². The van der Waals surface area contributed by atoms with E-state index >= 15 is 0 Å². The number of anilines is 1. The van der Waals surface area contributed by atoms with Crippen LogP contribution in [-0.2, 0) is 11.3 Å². The van der Waals surface area contributed by atoms with E-state index in [0.717, 1.165) is 30.5 Å². The van der Waals surface area contributed by atoms with Crippen LogP contribution in [-0.4, -0.2) is 35.9 Å². The smallest absolute Gasteiger partial charge is 0.237 e. The summed E-state index contributed by atoms with van der Waals surface area (Å²) in [7, 11) is 0. The number of aromatic nitrogens is 5. The molecule has 1 aromatic carbocycles. The van der Waals surface area contributed by atoms with E-state index in [4.69, 9.17) is 0 Å². The molecule has 1 aliphatic rings. The molecule has 25 heavy (non-hydrogen) atoms. The zero-order valence-electron chi connectivity index (χ0n) is 14.2. The van der Waals surface area contributed by atoms with Crippen LogP contribution in [0, 0.1) is 0 Å². The Hall–Kier alpha value is -2.35. The molecule has 1 amide bonds. The van der Waals surface area contributed by atoms with Gasteiger partial charge in [-0.25, -0.2) is 4.68 Å². The lowest BCUT2D eigenvalue weighted by Crippen LogP contribution is -2.23. The second-order valence-electron chi connectivity index (χ2n) is 6.26. The van der Waals surface area contributed by atoms with E-state index in [-0.39, 0.29) is 11.2 Å². The van der Waals surface area contributed by atoms with Gasteiger partial charge in [0.25, 0.3) is 0 Å². The van der Waals surface area contributed by atoms with Gasteiger partial charge in [-0.2, -0.15) is 0 Å². The van der Waals surface area contributed by atoms with Crippen molar-refractivity contribution < 1.29 is 4.79 Å². The summed E-state index contributed by atoms with van der Waals surface area (Å²) in [6, 6.07) is 8.46. The molecule has 0 bridgehead atoms. The fourth-order valence-electron chi connectivity index (χ4n) is 2.82. The number of carbonyl (C=O) groups is 1. The second kappa shape index (κ2) is 6.51. The molecule has 2 aromatic heterocycles. The molecule has 1 saturated carbocycles. The van der Waals surface area contributed by atoms with Crippen LogP contribution in [0.25, 0.3) is 10.9 Å². The lowest BCUT2D eigenvalue weighted by molar-refractivity contribution is -0.115. The largest absolute Gasteiger partial charge is 0.348 e. The van der Waals surface area contributed by atoms with Crippen molar-refractivity contribution in [3.8, 4) is 0 Å². The molecular formula is C17H20N6OS. The Balaban J connectivity index is 1.44. The van der Waals surface area contributed by atoms with Crippen molar-refractivity contribution in [2.24, 2.45) is 0 Å². The summed E-state index contributed by atoms with van der Waals surface area (Å²) in [5.41, 5.74) is 1.98. The molecule has 2 heterocycles. The van der Waals surface area contributed by atoms with Crippen molar-refractivity contribution in [2.75, 3.05) is 5.32 Å². The minimum atomic E-state index is -0.278. The van der Waals surface area contributed by atoms with E-state index in [1.807, 2.05) is 29.8 Å². The maximum Gasteiger partial charge on any atom is 0.237 e. The average Bonchev–Trinajstić information content (AvgIpc) is 3.21. The van der Waals surface area contributed by atoms with Crippen LogP contribution < -0.4 is 5.32 Å². The van der Waals surface area contributed by atoms with Crippen molar-refractivity contribution in [1.29, 1.82) is 0 Å². The first-order valence-electron chi connectivity index (χ1n) is 8.50. The number of amides is 1. The molecule has 1 unspecified atom stereocenters. The van der Waals surface area contributed by atoms with E-state index in [1.54, 1.807) is 0 Å². The lowest BCUT2D eigenvalue weighted by Gasteiger charge is -2.12. The van der Waals surface area contributed by atoms with Crippen LogP contribution in [0.15, 0.2) is 35.6 Å². The summed E-state index contributed by atoms with van der Waals surface area (Å²) in [4.78, 5) is 12.5. The number of hydrogen-bond donors (Lipinski definition) is 1. The van der Waals surface area contributed by atoms with Crippen molar-refractivity contribution in [2.45, 2.75) is 49.7 Å². The van der Waals surface area contributed by atoms with Gasteiger partial charge in [-0.15, -0.1) is 5.10 Å². The van der Waals surface area contributed by atoms with Gasteiger partial charge < -0.3 is 9.88 Å². The van der Waals surface area contributed by atoms with Crippen LogP contribution in [0.4, 0.5) is 5.69 Å². The standard InChI is InChI=1S/C17H20N6OS/c1-3-22-9-8-12-10-13(4-7-15(12)22)18-16(24)11(2)25-17-19-20-21-23(17)14-5-6-14/h4,7-11,14H,3,5-6H2,1-2H3,(H,18,24). The van der Waals surface area contributed by atoms with E-state index < -0.39 is 0 Å². The molecule has 8 heteroatoms. The Morgan fingerprint density at radius 3 is 3.00 bits per heavy atom. The first-order valence-corrected chi connectivity index (χ1v) is 9.38. The first-order chi connectivity index (χ1) is 12.2. The molecule has 1 aliphatic carbocycles. The highest BCUT2D eigenvalue weighted by Crippen LogP contribution is 2.37. The minimum Gasteiger partial charge on any atom is -0.348 e. The number of aryl methyl sites for hydroxylation is 1. The van der Waals surface area contributed by atoms with E-state index in [9.17, 15) is 4.79 Å². The van der Waals surface area contributed by atoms with Crippen LogP contribution in [0.5, 0.6) is 0 Å². The van der Waals surface area contributed by atoms with Crippen molar-refractivity contribution >= 4 is 34.3 Å². The summed E-state index contributed by atoms with van der Waals surface area (Å²) in [5.74, 6) is -0.0513. The van der Waals surface area contributed by atoms with Crippen LogP contribution in [0.3, 0.4) is 0 Å². The summed E-state index contributed by atoms with van der Waals surface area (Å²) in [6.45, 7) is 4.92. The Morgan fingerprint density at radius 1 is 1.40 bits per heavy atom. The zero-order chi connectivity index (χ0) is 17.4. The SMILES string of the molecule is CCn1ccc2cc(NC(=O)C(C)Sc3nnnn3C3CC3)ccc21. The van der Waals surface area contributed by atoms with E-state index in [0.29, 0.717) is 11.2 Å². The molecule has 3 aromatic rings. The fraction of sp³-hybridized carbons (Fsp3) is 0.412. The number of nitrogens with zero attached hydrogens (tertiary/aromatic N) is 5. The average molecular weight is 356 g/mol. The summed E-state index contributed by atoms with van der Waals surface area (Å²) >= 11 is 1.39. The quantitative estimate of drug-likeness (QED) is 0.687. The third kappa shape index (κ3) is 3.26. The highest BCUT2D eigenvalue weighted by molar-refractivity contribution is 8.00. The van der Waals surface area contributed by atoms with Gasteiger partial charge in [-0.1, -0.05) is 11.8 Å². The maximum absolute atomic E-state index is 12.5. The van der Waals surface area contributed by atoms with Gasteiger partial charge in [0.1, 0.15) is 0 Å². The monoisotopic (exact) mass is 356 g/mol. The minimum absolute atomic E-state index is 0.0513. The van der Waals surface area contributed by atoms with Gasteiger partial charge in [0.2, 0.25) is 11.1 Å². The molecular weight excluding hydrogens is 336 g/mol. The normalized spacial score (nSPS) is 15.4. The molecule has 1 fully saturated rings. The third-order valence-corrected chi connectivity index (χ3v) is 5.43. The van der Waals surface area contributed by atoms with Gasteiger partial charge in [-0.3, -0.25) is 4.79 Å². The Morgan fingerprint density at radius 2 is 2.24 bits per heavy atom. The van der Waals surface area contributed by atoms with Crippen LogP contribution >= 0.6 is 11.8 Å². The van der Waals surface area contributed by atoms with Crippen LogP contribution in [0.2, 0.25) is 0 Å². The van der Waals surface area contributed by atoms with Gasteiger partial charge in [-0.05, 0) is 61.4 Å². The molecule has 130 valence electrons. The van der Waals surface area contributed by atoms with Crippen molar-refractivity contribution in [3.05, 3.63) is 30.5 Å². The number of fused-ring (bicyclic) bond motifs is 1. The van der Waals surface area contributed by atoms with Gasteiger partial charge in [0.05, 0.1) is 11.3 Å². The van der Waals surface area contributed by atoms with Gasteiger partial charge in [0, 0.05) is 29.3 Å². The number of tetrazole rings is 1. The van der Waals surface area contributed by atoms with Crippen molar-refractivity contribution in [1.82, 2.24) is 24.8 Å². The van der Waals surface area contributed by atoms with Gasteiger partial charge >= 0.3 is 0 Å². The molecule has 0 spiro atoms. The highest BCUT2D eigenvalue weighted by Gasteiger charge is 2.29. The summed E-state index contributed by atoms with van der Waals surface area (Å²) < 4.78 is 4.01. The summed E-state index contributed by atoms with van der Waals surface area (Å²) in [6.07, 6.45) is 4.28. The number of thioether (sulfide) groups is 1. The molecule has 1 atom stereocenters. The number of hydrogen-bond acceptors (Lipinski definition) is 5. The lowest BCUT2D eigenvalue weighted by atomic mass is 10.2. The number of carbonyl (C=O) groups excluding carboxylic acids is 1.